The van der Waals surface area contributed by atoms with Crippen molar-refractivity contribution in [2.75, 3.05) is 26.6 Å². The van der Waals surface area contributed by atoms with E-state index in [0.29, 0.717) is 16.5 Å². The zero-order valence-corrected chi connectivity index (χ0v) is 15.6. The van der Waals surface area contributed by atoms with Gasteiger partial charge in [0.1, 0.15) is 11.5 Å². The van der Waals surface area contributed by atoms with Gasteiger partial charge in [-0.25, -0.2) is 0 Å². The Morgan fingerprint density at radius 3 is 2.40 bits per heavy atom. The van der Waals surface area contributed by atoms with Gasteiger partial charge < -0.3 is 19.5 Å². The lowest BCUT2D eigenvalue weighted by Crippen LogP contribution is -2.32. The number of halogens is 1. The van der Waals surface area contributed by atoms with Crippen LogP contribution < -0.4 is 14.8 Å². The average Bonchev–Trinajstić information content (AvgIpc) is 2.76. The first-order chi connectivity index (χ1) is 12.1. The van der Waals surface area contributed by atoms with Gasteiger partial charge in [0.15, 0.2) is 6.10 Å². The number of carbonyl (C=O) groups excluding carboxylic acids is 1. The predicted octanol–water partition coefficient (Wildman–Crippen LogP) is 4.16. The van der Waals surface area contributed by atoms with Crippen LogP contribution in [-0.2, 0) is 9.53 Å². The van der Waals surface area contributed by atoms with E-state index >= 15 is 0 Å². The Morgan fingerprint density at radius 1 is 1.08 bits per heavy atom. The second kappa shape index (κ2) is 7.56. The van der Waals surface area contributed by atoms with Crippen LogP contribution in [0, 0.1) is 0 Å². The lowest BCUT2D eigenvalue weighted by molar-refractivity contribution is -0.125. The Hall–Kier alpha value is -1.89. The van der Waals surface area contributed by atoms with Crippen molar-refractivity contribution in [1.29, 1.82) is 0 Å². The fourth-order valence-corrected chi connectivity index (χ4v) is 4.27. The number of methoxy groups -OCH3 is 3. The van der Waals surface area contributed by atoms with Crippen molar-refractivity contribution in [2.24, 2.45) is 0 Å². The highest BCUT2D eigenvalue weighted by Gasteiger charge is 2.35. The zero-order valence-electron chi connectivity index (χ0n) is 14.0. The van der Waals surface area contributed by atoms with Crippen molar-refractivity contribution in [1.82, 2.24) is 0 Å². The van der Waals surface area contributed by atoms with Gasteiger partial charge in [-0.05, 0) is 29.8 Å². The summed E-state index contributed by atoms with van der Waals surface area (Å²) in [5.74, 6) is 1.11. The van der Waals surface area contributed by atoms with E-state index in [1.807, 2.05) is 30.3 Å². The van der Waals surface area contributed by atoms with Gasteiger partial charge >= 0.3 is 0 Å². The summed E-state index contributed by atoms with van der Waals surface area (Å²) in [6.45, 7) is 0. The third-order valence-electron chi connectivity index (χ3n) is 4.00. The average molecular weight is 380 g/mol. The van der Waals surface area contributed by atoms with Gasteiger partial charge in [-0.2, -0.15) is 0 Å². The summed E-state index contributed by atoms with van der Waals surface area (Å²) in [5.41, 5.74) is 1.62. The highest BCUT2D eigenvalue weighted by atomic mass is 35.5. The van der Waals surface area contributed by atoms with Crippen molar-refractivity contribution in [3.63, 3.8) is 0 Å². The van der Waals surface area contributed by atoms with E-state index in [1.165, 1.54) is 18.9 Å². The van der Waals surface area contributed by atoms with Gasteiger partial charge in [0.05, 0.1) is 30.2 Å². The van der Waals surface area contributed by atoms with E-state index in [0.717, 1.165) is 16.2 Å². The zero-order chi connectivity index (χ0) is 18.0. The van der Waals surface area contributed by atoms with Crippen LogP contribution in [0.3, 0.4) is 0 Å². The SMILES string of the molecule is COc1ccc(C2Sc3cc(OC)c(Cl)cc3NC(=O)C2OC)cc1. The van der Waals surface area contributed by atoms with E-state index in [4.69, 9.17) is 25.8 Å². The topological polar surface area (TPSA) is 56.8 Å². The first-order valence-electron chi connectivity index (χ1n) is 7.59. The maximum absolute atomic E-state index is 12.6. The standard InChI is InChI=1S/C18H18ClNO4S/c1-22-11-6-4-10(5-7-11)17-16(24-3)18(21)20-13-8-12(19)14(23-2)9-15(13)25-17/h4-9,16-17H,1-3H3,(H,20,21). The van der Waals surface area contributed by atoms with Crippen molar-refractivity contribution in [3.8, 4) is 11.5 Å². The molecule has 0 saturated carbocycles. The van der Waals surface area contributed by atoms with Gasteiger partial charge in [0.25, 0.3) is 5.91 Å². The molecule has 7 heteroatoms. The fourth-order valence-electron chi connectivity index (χ4n) is 2.69. The number of nitrogens with one attached hydrogen (secondary N) is 1. The van der Waals surface area contributed by atoms with Crippen molar-refractivity contribution < 1.29 is 19.0 Å². The predicted molar refractivity (Wildman–Crippen MR) is 99.0 cm³/mol. The second-order valence-electron chi connectivity index (χ2n) is 5.44. The normalized spacial score (nSPS) is 19.6. The van der Waals surface area contributed by atoms with Crippen LogP contribution in [0.5, 0.6) is 11.5 Å². The molecular formula is C18H18ClNO4S. The molecule has 0 aromatic heterocycles. The number of hydrogen-bond acceptors (Lipinski definition) is 5. The van der Waals surface area contributed by atoms with Crippen LogP contribution >= 0.6 is 23.4 Å². The summed E-state index contributed by atoms with van der Waals surface area (Å²) in [6.07, 6.45) is -0.643. The largest absolute Gasteiger partial charge is 0.497 e. The fraction of sp³-hybridized carbons (Fsp3) is 0.278. The molecule has 0 bridgehead atoms. The molecule has 2 aromatic rings. The maximum Gasteiger partial charge on any atom is 0.255 e. The molecule has 0 aliphatic carbocycles. The van der Waals surface area contributed by atoms with Crippen molar-refractivity contribution in [3.05, 3.63) is 47.0 Å². The minimum absolute atomic E-state index is 0.212. The molecule has 5 nitrogen and oxygen atoms in total. The summed E-state index contributed by atoms with van der Waals surface area (Å²) in [6, 6.07) is 11.1. The first-order valence-corrected chi connectivity index (χ1v) is 8.85. The highest BCUT2D eigenvalue weighted by Crippen LogP contribution is 2.47. The number of rotatable bonds is 4. The monoisotopic (exact) mass is 379 g/mol. The molecule has 3 rings (SSSR count). The molecule has 2 unspecified atom stereocenters. The summed E-state index contributed by atoms with van der Waals surface area (Å²) >= 11 is 7.72. The number of fused-ring (bicyclic) bond motifs is 1. The molecule has 2 atom stereocenters. The van der Waals surface area contributed by atoms with Gasteiger partial charge in [0, 0.05) is 12.0 Å². The molecule has 0 saturated heterocycles. The number of benzene rings is 2. The summed E-state index contributed by atoms with van der Waals surface area (Å²) in [4.78, 5) is 13.5. The Kier molecular flexibility index (Phi) is 5.42. The summed E-state index contributed by atoms with van der Waals surface area (Å²) in [5, 5.41) is 3.11. The van der Waals surface area contributed by atoms with E-state index in [2.05, 4.69) is 5.32 Å². The molecule has 1 amide bonds. The maximum atomic E-state index is 12.6. The quantitative estimate of drug-likeness (QED) is 0.864. The molecule has 1 aliphatic rings. The number of carbonyl (C=O) groups is 1. The lowest BCUT2D eigenvalue weighted by Gasteiger charge is -2.22. The van der Waals surface area contributed by atoms with E-state index in [1.54, 1.807) is 20.3 Å². The Labute approximate surface area is 155 Å². The van der Waals surface area contributed by atoms with E-state index in [-0.39, 0.29) is 11.2 Å². The number of thioether (sulfide) groups is 1. The number of hydrogen-bond donors (Lipinski definition) is 1. The Bertz CT molecular complexity index is 781. The molecule has 0 fully saturated rings. The van der Waals surface area contributed by atoms with Crippen molar-refractivity contribution >= 4 is 35.0 Å². The molecular weight excluding hydrogens is 362 g/mol. The summed E-state index contributed by atoms with van der Waals surface area (Å²) in [7, 11) is 4.71. The van der Waals surface area contributed by atoms with Crippen LogP contribution in [0.1, 0.15) is 10.8 Å². The van der Waals surface area contributed by atoms with Crippen molar-refractivity contribution in [2.45, 2.75) is 16.2 Å². The molecule has 132 valence electrons. The minimum atomic E-state index is -0.643. The van der Waals surface area contributed by atoms with Crippen LogP contribution in [-0.4, -0.2) is 33.3 Å². The van der Waals surface area contributed by atoms with E-state index in [9.17, 15) is 4.79 Å². The van der Waals surface area contributed by atoms with Crippen LogP contribution in [0.4, 0.5) is 5.69 Å². The lowest BCUT2D eigenvalue weighted by atomic mass is 10.1. The molecule has 1 heterocycles. The molecule has 1 aliphatic heterocycles. The molecule has 25 heavy (non-hydrogen) atoms. The number of ether oxygens (including phenoxy) is 3. The first kappa shape index (κ1) is 17.9. The van der Waals surface area contributed by atoms with Gasteiger partial charge in [-0.1, -0.05) is 23.7 Å². The van der Waals surface area contributed by atoms with Crippen LogP contribution in [0.15, 0.2) is 41.3 Å². The number of anilines is 1. The molecule has 2 aromatic carbocycles. The molecule has 0 radical (unpaired) electrons. The van der Waals surface area contributed by atoms with Gasteiger partial charge in [-0.3, -0.25) is 4.79 Å². The number of amides is 1. The molecule has 0 spiro atoms. The molecule has 1 N–H and O–H groups in total. The van der Waals surface area contributed by atoms with Crippen LogP contribution in [0.25, 0.3) is 0 Å². The highest BCUT2D eigenvalue weighted by molar-refractivity contribution is 7.99. The Morgan fingerprint density at radius 2 is 1.80 bits per heavy atom. The second-order valence-corrected chi connectivity index (χ2v) is 7.03. The van der Waals surface area contributed by atoms with Gasteiger partial charge in [-0.15, -0.1) is 11.8 Å². The smallest absolute Gasteiger partial charge is 0.255 e. The van der Waals surface area contributed by atoms with E-state index < -0.39 is 6.10 Å². The van der Waals surface area contributed by atoms with Gasteiger partial charge in [0.2, 0.25) is 0 Å². The Balaban J connectivity index is 2.04. The minimum Gasteiger partial charge on any atom is -0.497 e. The van der Waals surface area contributed by atoms with Crippen LogP contribution in [0.2, 0.25) is 5.02 Å². The summed E-state index contributed by atoms with van der Waals surface area (Å²) < 4.78 is 16.0. The third kappa shape index (κ3) is 3.56. The third-order valence-corrected chi connectivity index (χ3v) is 5.66.